The van der Waals surface area contributed by atoms with Crippen LogP contribution in [0.3, 0.4) is 0 Å². The summed E-state index contributed by atoms with van der Waals surface area (Å²) >= 11 is 0. The molecule has 2 rings (SSSR count). The normalized spacial score (nSPS) is 18.8. The molecule has 1 nitrogen and oxygen atoms in total. The smallest absolute Gasteiger partial charge is 0.0637 e. The lowest BCUT2D eigenvalue weighted by molar-refractivity contribution is 0.120. The van der Waals surface area contributed by atoms with Crippen molar-refractivity contribution in [3.05, 3.63) is 35.9 Å². The molecule has 0 radical (unpaired) electrons. The topological polar surface area (TPSA) is 20.2 Å². The molecule has 1 aliphatic rings. The Morgan fingerprint density at radius 3 is 2.56 bits per heavy atom. The highest BCUT2D eigenvalue weighted by atomic mass is 16.3. The fourth-order valence-electron chi connectivity index (χ4n) is 2.39. The maximum Gasteiger partial charge on any atom is 0.0637 e. The Balaban J connectivity index is 2.01. The lowest BCUT2D eigenvalue weighted by Gasteiger charge is -2.22. The van der Waals surface area contributed by atoms with Crippen molar-refractivity contribution in [2.75, 3.05) is 0 Å². The third kappa shape index (κ3) is 2.13. The molecular formula is C15H18O. The van der Waals surface area contributed by atoms with Gasteiger partial charge in [0.2, 0.25) is 0 Å². The molecule has 1 atom stereocenters. The maximum atomic E-state index is 10.3. The lowest BCUT2D eigenvalue weighted by Crippen LogP contribution is -2.25. The Bertz CT molecular complexity index is 370. The molecule has 0 bridgehead atoms. The first kappa shape index (κ1) is 11.2. The quantitative estimate of drug-likeness (QED) is 0.590. The van der Waals surface area contributed by atoms with Gasteiger partial charge in [-0.3, -0.25) is 0 Å². The fourth-order valence-corrected chi connectivity index (χ4v) is 2.39. The zero-order chi connectivity index (χ0) is 11.4. The van der Waals surface area contributed by atoms with E-state index in [-0.39, 0.29) is 11.5 Å². The molecule has 1 aromatic carbocycles. The molecule has 1 heteroatoms. The average molecular weight is 214 g/mol. The largest absolute Gasteiger partial charge is 0.392 e. The van der Waals surface area contributed by atoms with Gasteiger partial charge < -0.3 is 5.11 Å². The van der Waals surface area contributed by atoms with Crippen LogP contribution >= 0.6 is 0 Å². The Kier molecular flexibility index (Phi) is 3.31. The van der Waals surface area contributed by atoms with Crippen molar-refractivity contribution >= 4 is 0 Å². The van der Waals surface area contributed by atoms with Crippen LogP contribution in [0.5, 0.6) is 0 Å². The molecule has 16 heavy (non-hydrogen) atoms. The van der Waals surface area contributed by atoms with Gasteiger partial charge in [-0.2, -0.15) is 0 Å². The molecule has 0 spiro atoms. The second kappa shape index (κ2) is 4.72. The molecule has 1 saturated carbocycles. The summed E-state index contributed by atoms with van der Waals surface area (Å²) in [6.45, 7) is 0. The van der Waals surface area contributed by atoms with Crippen LogP contribution in [0.2, 0.25) is 0 Å². The first-order chi connectivity index (χ1) is 7.79. The number of hydrogen-bond donors (Lipinski definition) is 1. The van der Waals surface area contributed by atoms with Crippen molar-refractivity contribution < 1.29 is 5.11 Å². The van der Waals surface area contributed by atoms with Gasteiger partial charge in [0, 0.05) is 11.8 Å². The van der Waals surface area contributed by atoms with Gasteiger partial charge in [-0.05, 0) is 31.2 Å². The molecule has 0 heterocycles. The predicted molar refractivity (Wildman–Crippen MR) is 66.0 cm³/mol. The minimum atomic E-state index is -0.233. The molecule has 0 aliphatic heterocycles. The highest BCUT2D eigenvalue weighted by Gasteiger charge is 2.49. The van der Waals surface area contributed by atoms with Crippen LogP contribution in [0.1, 0.15) is 37.7 Å². The Morgan fingerprint density at radius 2 is 2.00 bits per heavy atom. The van der Waals surface area contributed by atoms with E-state index in [0.717, 1.165) is 32.1 Å². The van der Waals surface area contributed by atoms with Gasteiger partial charge in [-0.15, -0.1) is 12.3 Å². The number of aliphatic hydroxyl groups is 1. The van der Waals surface area contributed by atoms with Crippen LogP contribution in [-0.4, -0.2) is 11.2 Å². The van der Waals surface area contributed by atoms with Gasteiger partial charge >= 0.3 is 0 Å². The summed E-state index contributed by atoms with van der Waals surface area (Å²) in [5.74, 6) is 2.62. The molecule has 1 N–H and O–H groups in total. The van der Waals surface area contributed by atoms with Crippen molar-refractivity contribution in [3.63, 3.8) is 0 Å². The first-order valence-corrected chi connectivity index (χ1v) is 5.97. The van der Waals surface area contributed by atoms with Crippen molar-refractivity contribution in [1.29, 1.82) is 0 Å². The fraction of sp³-hybridized carbons (Fsp3) is 0.467. The second-order valence-corrected chi connectivity index (χ2v) is 4.63. The number of hydrogen-bond acceptors (Lipinski definition) is 1. The molecular weight excluding hydrogens is 196 g/mol. The molecule has 0 aromatic heterocycles. The summed E-state index contributed by atoms with van der Waals surface area (Å²) in [7, 11) is 0. The first-order valence-electron chi connectivity index (χ1n) is 5.97. The summed E-state index contributed by atoms with van der Waals surface area (Å²) in [5.41, 5.74) is 1.32. The van der Waals surface area contributed by atoms with E-state index in [9.17, 15) is 5.11 Å². The summed E-state index contributed by atoms with van der Waals surface area (Å²) in [6, 6.07) is 10.4. The molecule has 1 fully saturated rings. The minimum absolute atomic E-state index is 0.0376. The highest BCUT2D eigenvalue weighted by Crippen LogP contribution is 2.51. The predicted octanol–water partition coefficient (Wildman–Crippen LogP) is 2.88. The van der Waals surface area contributed by atoms with Crippen LogP contribution in [-0.2, 0) is 5.41 Å². The zero-order valence-corrected chi connectivity index (χ0v) is 9.52. The summed E-state index contributed by atoms with van der Waals surface area (Å²) < 4.78 is 0. The Hall–Kier alpha value is -1.26. The van der Waals surface area contributed by atoms with Crippen molar-refractivity contribution in [2.45, 2.75) is 43.6 Å². The second-order valence-electron chi connectivity index (χ2n) is 4.63. The van der Waals surface area contributed by atoms with E-state index in [2.05, 4.69) is 18.1 Å². The van der Waals surface area contributed by atoms with Crippen LogP contribution < -0.4 is 0 Å². The Labute approximate surface area is 97.5 Å². The van der Waals surface area contributed by atoms with Gasteiger partial charge in [0.15, 0.2) is 0 Å². The minimum Gasteiger partial charge on any atom is -0.392 e. The zero-order valence-electron chi connectivity index (χ0n) is 9.52. The number of aliphatic hydroxyl groups excluding tert-OH is 1. The monoisotopic (exact) mass is 214 g/mol. The van der Waals surface area contributed by atoms with E-state index in [1.54, 1.807) is 0 Å². The van der Waals surface area contributed by atoms with Crippen LogP contribution in [0.4, 0.5) is 0 Å². The van der Waals surface area contributed by atoms with E-state index in [1.807, 2.05) is 18.2 Å². The van der Waals surface area contributed by atoms with Crippen LogP contribution in [0.15, 0.2) is 30.3 Å². The van der Waals surface area contributed by atoms with E-state index >= 15 is 0 Å². The number of benzene rings is 1. The summed E-state index contributed by atoms with van der Waals surface area (Å²) in [6.07, 6.45) is 9.70. The molecule has 1 unspecified atom stereocenters. The Morgan fingerprint density at radius 1 is 1.31 bits per heavy atom. The standard InChI is InChI=1S/C15H18O/c1-2-3-5-10-14(16)15(11-12-15)13-8-6-4-7-9-13/h1,4,6-9,14,16H,3,5,10-12H2. The number of unbranched alkanes of at least 4 members (excludes halogenated alkanes) is 1. The van der Waals surface area contributed by atoms with E-state index in [1.165, 1.54) is 5.56 Å². The summed E-state index contributed by atoms with van der Waals surface area (Å²) in [5, 5.41) is 10.3. The van der Waals surface area contributed by atoms with Gasteiger partial charge in [-0.1, -0.05) is 30.3 Å². The van der Waals surface area contributed by atoms with E-state index in [0.29, 0.717) is 0 Å². The molecule has 1 aromatic rings. The molecule has 0 amide bonds. The van der Waals surface area contributed by atoms with Gasteiger partial charge in [0.05, 0.1) is 6.10 Å². The van der Waals surface area contributed by atoms with Crippen molar-refractivity contribution in [1.82, 2.24) is 0 Å². The van der Waals surface area contributed by atoms with Gasteiger partial charge in [0.25, 0.3) is 0 Å². The summed E-state index contributed by atoms with van der Waals surface area (Å²) in [4.78, 5) is 0. The number of rotatable bonds is 5. The number of terminal acetylenes is 1. The van der Waals surface area contributed by atoms with E-state index < -0.39 is 0 Å². The lowest BCUT2D eigenvalue weighted by atomic mass is 9.87. The van der Waals surface area contributed by atoms with Gasteiger partial charge in [0.1, 0.15) is 0 Å². The van der Waals surface area contributed by atoms with Gasteiger partial charge in [-0.25, -0.2) is 0 Å². The third-order valence-electron chi connectivity index (χ3n) is 3.57. The van der Waals surface area contributed by atoms with Crippen LogP contribution in [0.25, 0.3) is 0 Å². The highest BCUT2D eigenvalue weighted by molar-refractivity contribution is 5.32. The average Bonchev–Trinajstić information content (AvgIpc) is 3.12. The SMILES string of the molecule is C#CCCCC(O)C1(c2ccccc2)CC1. The third-order valence-corrected chi connectivity index (χ3v) is 3.57. The van der Waals surface area contributed by atoms with Crippen LogP contribution in [0, 0.1) is 12.3 Å². The molecule has 1 aliphatic carbocycles. The maximum absolute atomic E-state index is 10.3. The van der Waals surface area contributed by atoms with Crippen molar-refractivity contribution in [3.8, 4) is 12.3 Å². The molecule has 84 valence electrons. The molecule has 0 saturated heterocycles. The van der Waals surface area contributed by atoms with E-state index in [4.69, 9.17) is 6.42 Å². The van der Waals surface area contributed by atoms with Crippen molar-refractivity contribution in [2.24, 2.45) is 0 Å².